The summed E-state index contributed by atoms with van der Waals surface area (Å²) in [5, 5.41) is 0.690. The van der Waals surface area contributed by atoms with Gasteiger partial charge in [-0.05, 0) is 30.2 Å². The second kappa shape index (κ2) is 8.64. The molecule has 3 aliphatic rings. The second-order valence-electron chi connectivity index (χ2n) is 8.33. The Morgan fingerprint density at radius 1 is 1.06 bits per heavy atom. The zero-order valence-corrected chi connectivity index (χ0v) is 18.3. The van der Waals surface area contributed by atoms with Crippen molar-refractivity contribution in [1.82, 2.24) is 14.7 Å². The Bertz CT molecular complexity index is 1130. The third-order valence-corrected chi connectivity index (χ3v) is 6.37. The molecule has 0 N–H and O–H groups in total. The van der Waals surface area contributed by atoms with Crippen LogP contribution in [0.5, 0.6) is 0 Å². The molecule has 3 heterocycles. The van der Waals surface area contributed by atoms with Gasteiger partial charge in [-0.25, -0.2) is 8.78 Å². The lowest BCUT2D eigenvalue weighted by molar-refractivity contribution is -0.125. The van der Waals surface area contributed by atoms with Crippen LogP contribution >= 0.6 is 11.6 Å². The zero-order chi connectivity index (χ0) is 22.2. The van der Waals surface area contributed by atoms with Crippen LogP contribution in [-0.4, -0.2) is 52.7 Å². The highest BCUT2D eigenvalue weighted by atomic mass is 35.5. The number of fused-ring (bicyclic) bond motifs is 2. The number of amides is 1. The van der Waals surface area contributed by atoms with E-state index in [9.17, 15) is 13.6 Å². The van der Waals surface area contributed by atoms with Gasteiger partial charge in [-0.3, -0.25) is 19.6 Å². The third-order valence-electron chi connectivity index (χ3n) is 6.14. The van der Waals surface area contributed by atoms with Gasteiger partial charge in [0.05, 0.1) is 12.1 Å². The third kappa shape index (κ3) is 4.02. The van der Waals surface area contributed by atoms with Crippen LogP contribution in [0.1, 0.15) is 24.0 Å². The van der Waals surface area contributed by atoms with E-state index in [1.54, 1.807) is 0 Å². The number of carbonyl (C=O) groups excluding carboxylic acids is 1. The maximum Gasteiger partial charge on any atom is 0.259 e. The highest BCUT2D eigenvalue weighted by Crippen LogP contribution is 2.32. The summed E-state index contributed by atoms with van der Waals surface area (Å²) in [5.74, 6) is -0.878. The summed E-state index contributed by atoms with van der Waals surface area (Å²) in [5.41, 5.74) is 3.10. The van der Waals surface area contributed by atoms with E-state index in [4.69, 9.17) is 11.6 Å². The maximum atomic E-state index is 14.4. The average molecular weight is 457 g/mol. The molecule has 166 valence electrons. The quantitative estimate of drug-likeness (QED) is 0.692. The lowest BCUT2D eigenvalue weighted by Gasteiger charge is -2.45. The van der Waals surface area contributed by atoms with Gasteiger partial charge in [0.15, 0.2) is 0 Å². The van der Waals surface area contributed by atoms with Crippen LogP contribution < -0.4 is 0 Å². The van der Waals surface area contributed by atoms with Crippen molar-refractivity contribution >= 4 is 23.5 Å². The fourth-order valence-electron chi connectivity index (χ4n) is 4.62. The summed E-state index contributed by atoms with van der Waals surface area (Å²) in [6.07, 6.45) is 1.65. The highest BCUT2D eigenvalue weighted by Gasteiger charge is 2.40. The van der Waals surface area contributed by atoms with Gasteiger partial charge >= 0.3 is 0 Å². The van der Waals surface area contributed by atoms with E-state index >= 15 is 0 Å². The Hall–Kier alpha value is -2.77. The Labute approximate surface area is 190 Å². The van der Waals surface area contributed by atoms with Gasteiger partial charge in [0.1, 0.15) is 11.6 Å². The van der Waals surface area contributed by atoms with Crippen molar-refractivity contribution < 1.29 is 13.6 Å². The van der Waals surface area contributed by atoms with Crippen molar-refractivity contribution in [3.63, 3.8) is 0 Å². The first kappa shape index (κ1) is 21.1. The molecule has 2 aromatic rings. The Morgan fingerprint density at radius 3 is 2.75 bits per heavy atom. The molecule has 0 bridgehead atoms. The van der Waals surface area contributed by atoms with Crippen LogP contribution in [0.2, 0.25) is 5.02 Å². The molecule has 0 spiro atoms. The van der Waals surface area contributed by atoms with Crippen LogP contribution in [0.15, 0.2) is 58.7 Å². The highest BCUT2D eigenvalue weighted by molar-refractivity contribution is 6.30. The summed E-state index contributed by atoms with van der Waals surface area (Å²) < 4.78 is 27.7. The van der Waals surface area contributed by atoms with Crippen molar-refractivity contribution in [2.75, 3.05) is 26.2 Å². The first-order valence-electron chi connectivity index (χ1n) is 10.8. The molecular weight excluding hydrogens is 434 g/mol. The Morgan fingerprint density at radius 2 is 1.94 bits per heavy atom. The normalized spacial score (nSPS) is 19.1. The predicted octanol–water partition coefficient (Wildman–Crippen LogP) is 4.18. The van der Waals surface area contributed by atoms with Gasteiger partial charge in [-0.2, -0.15) is 0 Å². The first-order chi connectivity index (χ1) is 15.5. The number of hydrogen-bond acceptors (Lipinski definition) is 4. The topological polar surface area (TPSA) is 39.2 Å². The summed E-state index contributed by atoms with van der Waals surface area (Å²) in [6, 6.07) is 11.2. The lowest BCUT2D eigenvalue weighted by atomic mass is 9.99. The van der Waals surface area contributed by atoms with Gasteiger partial charge in [-0.15, -0.1) is 0 Å². The molecule has 5 nitrogen and oxygen atoms in total. The molecule has 5 rings (SSSR count). The zero-order valence-electron chi connectivity index (χ0n) is 17.5. The van der Waals surface area contributed by atoms with Crippen molar-refractivity contribution in [3.05, 3.63) is 81.5 Å². The molecule has 1 amide bonds. The van der Waals surface area contributed by atoms with E-state index < -0.39 is 11.6 Å². The number of guanidine groups is 1. The number of benzene rings is 2. The van der Waals surface area contributed by atoms with E-state index in [0.717, 1.165) is 48.8 Å². The second-order valence-corrected chi connectivity index (χ2v) is 8.77. The molecule has 0 aromatic heterocycles. The number of carbonyl (C=O) groups is 1. The fraction of sp³-hybridized carbons (Fsp3) is 0.333. The van der Waals surface area contributed by atoms with E-state index in [0.29, 0.717) is 30.6 Å². The van der Waals surface area contributed by atoms with E-state index in [1.807, 2.05) is 24.3 Å². The number of hydrogen-bond donors (Lipinski definition) is 0. The van der Waals surface area contributed by atoms with Crippen molar-refractivity contribution in [2.45, 2.75) is 25.9 Å². The number of halogens is 3. The molecule has 0 unspecified atom stereocenters. The van der Waals surface area contributed by atoms with Crippen LogP contribution in [0.3, 0.4) is 0 Å². The van der Waals surface area contributed by atoms with Crippen LogP contribution in [0, 0.1) is 11.6 Å². The van der Waals surface area contributed by atoms with Crippen molar-refractivity contribution in [3.8, 4) is 0 Å². The van der Waals surface area contributed by atoms with Gasteiger partial charge in [0.25, 0.3) is 5.91 Å². The molecule has 8 heteroatoms. The molecule has 0 saturated carbocycles. The van der Waals surface area contributed by atoms with E-state index in [1.165, 1.54) is 17.0 Å². The SMILES string of the molecule is O=C1C2=C(CCN(Cc3cccc(Cl)c3)C2)N2CCCN=C2N1Cc1ccc(F)cc1F. The minimum atomic E-state index is -0.660. The molecule has 0 radical (unpaired) electrons. The fourth-order valence-corrected chi connectivity index (χ4v) is 4.84. The van der Waals surface area contributed by atoms with Crippen LogP contribution in [0.4, 0.5) is 8.78 Å². The van der Waals surface area contributed by atoms with Gasteiger partial charge in [0.2, 0.25) is 5.96 Å². The van der Waals surface area contributed by atoms with E-state index in [-0.39, 0.29) is 18.0 Å². The van der Waals surface area contributed by atoms with Gasteiger partial charge < -0.3 is 4.90 Å². The van der Waals surface area contributed by atoms with Crippen molar-refractivity contribution in [2.24, 2.45) is 4.99 Å². The van der Waals surface area contributed by atoms with Gasteiger partial charge in [-0.1, -0.05) is 29.8 Å². The van der Waals surface area contributed by atoms with Crippen LogP contribution in [0.25, 0.3) is 0 Å². The minimum absolute atomic E-state index is 0.0192. The maximum absolute atomic E-state index is 14.4. The summed E-state index contributed by atoms with van der Waals surface area (Å²) in [6.45, 7) is 3.46. The molecule has 3 aliphatic heterocycles. The molecule has 32 heavy (non-hydrogen) atoms. The standard InChI is InChI=1S/C24H23ClF2N4O/c25-18-4-1-3-16(11-18)13-29-10-7-22-20(15-29)23(32)31(24-28-8-2-9-30(22)24)14-17-5-6-19(26)12-21(17)27/h1,3-6,11-12H,2,7-10,13-15H2. The van der Waals surface area contributed by atoms with Crippen LogP contribution in [-0.2, 0) is 17.9 Å². The average Bonchev–Trinajstić information content (AvgIpc) is 2.78. The molecule has 2 aromatic carbocycles. The molecule has 0 fully saturated rings. The summed E-state index contributed by atoms with van der Waals surface area (Å²) in [7, 11) is 0. The Balaban J connectivity index is 1.43. The van der Waals surface area contributed by atoms with E-state index in [2.05, 4.69) is 14.8 Å². The summed E-state index contributed by atoms with van der Waals surface area (Å²) >= 11 is 6.13. The largest absolute Gasteiger partial charge is 0.315 e. The smallest absolute Gasteiger partial charge is 0.259 e. The minimum Gasteiger partial charge on any atom is -0.315 e. The molecular formula is C24H23ClF2N4O. The Kier molecular flexibility index (Phi) is 5.69. The number of rotatable bonds is 4. The van der Waals surface area contributed by atoms with Crippen molar-refractivity contribution in [1.29, 1.82) is 0 Å². The molecule has 0 saturated heterocycles. The number of nitrogens with zero attached hydrogens (tertiary/aromatic N) is 4. The first-order valence-corrected chi connectivity index (χ1v) is 11.1. The lowest BCUT2D eigenvalue weighted by Crippen LogP contribution is -2.56. The van der Waals surface area contributed by atoms with Gasteiger partial charge in [0, 0.05) is 61.5 Å². The predicted molar refractivity (Wildman–Crippen MR) is 119 cm³/mol. The number of aliphatic imine (C=N–C) groups is 1. The molecule has 0 atom stereocenters. The summed E-state index contributed by atoms with van der Waals surface area (Å²) in [4.78, 5) is 24.0. The monoisotopic (exact) mass is 456 g/mol. The molecule has 0 aliphatic carbocycles.